The molecular weight excluding hydrogens is 1020 g/mol. The van der Waals surface area contributed by atoms with Gasteiger partial charge in [0.1, 0.15) is 59.4 Å². The summed E-state index contributed by atoms with van der Waals surface area (Å²) in [6.07, 6.45) is 0.497. The molecule has 2 aromatic heterocycles. The summed E-state index contributed by atoms with van der Waals surface area (Å²) in [4.78, 5) is 57.3. The van der Waals surface area contributed by atoms with E-state index in [2.05, 4.69) is 98.0 Å². The zero-order valence-electron chi connectivity index (χ0n) is 45.4. The van der Waals surface area contributed by atoms with Crippen molar-refractivity contribution < 1.29 is 38.1 Å². The molecule has 0 saturated carbocycles. The average molecular weight is 1090 g/mol. The molecule has 0 radical (unpaired) electrons. The lowest BCUT2D eigenvalue weighted by Crippen LogP contribution is -2.25. The van der Waals surface area contributed by atoms with Gasteiger partial charge in [0, 0.05) is 76.9 Å². The number of benzene rings is 6. The number of hydrogen-bond donors (Lipinski definition) is 2. The molecule has 1 unspecified atom stereocenters. The van der Waals surface area contributed by atoms with Crippen LogP contribution < -0.4 is 39.4 Å². The summed E-state index contributed by atoms with van der Waals surface area (Å²) < 4.78 is 28.4. The fourth-order valence-electron chi connectivity index (χ4n) is 8.68. The predicted molar refractivity (Wildman–Crippen MR) is 312 cm³/mol. The Morgan fingerprint density at radius 1 is 0.590 bits per heavy atom. The number of hydrogen-bond acceptors (Lipinski definition) is 14. The Bertz CT molecular complexity index is 3380. The number of nitrogens with one attached hydrogen (secondary N) is 2. The molecule has 4 amide bonds. The van der Waals surface area contributed by atoms with Gasteiger partial charge in [-0.3, -0.25) is 29.8 Å². The van der Waals surface area contributed by atoms with Crippen LogP contribution in [0.3, 0.4) is 0 Å². The number of anilines is 2. The average Bonchev–Trinajstić information content (AvgIpc) is 4.15. The van der Waals surface area contributed by atoms with E-state index in [1.807, 2.05) is 128 Å². The number of imide groups is 2. The Hall–Kier alpha value is -7.96. The topological polar surface area (TPSA) is 171 Å². The zero-order chi connectivity index (χ0) is 55.5. The van der Waals surface area contributed by atoms with E-state index >= 15 is 0 Å². The smallest absolute Gasteiger partial charge is 0.286 e. The number of fused-ring (bicyclic) bond motifs is 2. The van der Waals surface area contributed by atoms with Gasteiger partial charge in [-0.15, -0.1) is 0 Å². The van der Waals surface area contributed by atoms with Gasteiger partial charge >= 0.3 is 0 Å². The summed E-state index contributed by atoms with van der Waals surface area (Å²) in [5.41, 5.74) is 8.21. The van der Waals surface area contributed by atoms with E-state index in [0.717, 1.165) is 116 Å². The minimum Gasteiger partial charge on any atom is -0.486 e. The first-order chi connectivity index (χ1) is 37.4. The molecule has 0 bridgehead atoms. The van der Waals surface area contributed by atoms with Crippen molar-refractivity contribution in [3.05, 3.63) is 156 Å². The number of rotatable bonds is 18. The van der Waals surface area contributed by atoms with Crippen LogP contribution >= 0.6 is 23.5 Å². The molecule has 10 rings (SSSR count). The number of carbonyl (C=O) groups is 4. The number of nitrogens with zero attached hydrogens (tertiary/aromatic N) is 6. The zero-order valence-corrected chi connectivity index (χ0v) is 47.1. The highest BCUT2D eigenvalue weighted by Crippen LogP contribution is 2.32. The Morgan fingerprint density at radius 2 is 1.05 bits per heavy atom. The normalized spacial score (nSPS) is 14.0. The van der Waals surface area contributed by atoms with E-state index in [4.69, 9.17) is 28.9 Å². The van der Waals surface area contributed by atoms with Gasteiger partial charge < -0.3 is 37.9 Å². The maximum Gasteiger partial charge on any atom is 0.286 e. The standard InChI is InChI=1S/C30H32N4O4S.C27H31N3O2.C3H3NO2S/c1-19(2)17-33(3)21-6-5-7-23(15-21)38-24-12-13-25-26(16-24)34(4)28(31-25)18-37-22-10-8-20(9-11-22)14-27-29(35)32-30(36)39-27;1-19(2)17-29(4)21-7-6-8-23(15-21)32-24-13-14-25-26(16-24)30(5)27(28-25)18-31-22-11-9-20(3)10-12-22;5-2-1-7-3(6)4-2/h5-13,15-16,19,27H,14,17-18H2,1-4H3,(H,32,35,36);6-16,19H,17-18H2,1-5H3;1H2,(H,4,5,6). The van der Waals surface area contributed by atoms with Crippen LogP contribution in [0.25, 0.3) is 22.1 Å². The third-order valence-electron chi connectivity index (χ3n) is 12.6. The number of aromatic nitrogens is 4. The second kappa shape index (κ2) is 25.9. The van der Waals surface area contributed by atoms with Crippen molar-refractivity contribution in [3.8, 4) is 34.5 Å². The SMILES string of the molecule is CC(C)CN(C)c1cccc(Oc2ccc3nc(COc4ccc(CC5SC(=O)NC5=O)cc4)n(C)c3c2)c1.Cc1ccc(OCc2nc3ccc(Oc4cccc(N(C)CC(C)C)c4)cc3n2C)cc1.O=C1CSC(=O)N1. The first-order valence-electron chi connectivity index (χ1n) is 25.7. The van der Waals surface area contributed by atoms with Gasteiger partial charge in [0.15, 0.2) is 0 Å². The van der Waals surface area contributed by atoms with E-state index in [1.165, 1.54) is 5.56 Å². The van der Waals surface area contributed by atoms with Crippen LogP contribution in [0.5, 0.6) is 34.5 Å². The summed E-state index contributed by atoms with van der Waals surface area (Å²) >= 11 is 2.04. The maximum absolute atomic E-state index is 11.8. The van der Waals surface area contributed by atoms with Crippen molar-refractivity contribution in [1.82, 2.24) is 29.7 Å². The van der Waals surface area contributed by atoms with Crippen LogP contribution in [-0.4, -0.2) is 79.6 Å². The molecule has 0 spiro atoms. The summed E-state index contributed by atoms with van der Waals surface area (Å²) in [5, 5.41) is 3.52. The fraction of sp³-hybridized carbons (Fsp3) is 0.300. The van der Waals surface area contributed by atoms with Gasteiger partial charge in [-0.1, -0.05) is 93.2 Å². The molecule has 2 aliphatic heterocycles. The van der Waals surface area contributed by atoms with Crippen LogP contribution in [-0.2, 0) is 43.3 Å². The van der Waals surface area contributed by atoms with Gasteiger partial charge in [-0.25, -0.2) is 9.97 Å². The monoisotopic (exact) mass is 1090 g/mol. The fourth-order valence-corrected chi connectivity index (χ4v) is 10.1. The number of ether oxygens (including phenoxy) is 4. The number of carbonyl (C=O) groups excluding carboxylic acids is 4. The van der Waals surface area contributed by atoms with Crippen molar-refractivity contribution in [3.63, 3.8) is 0 Å². The Kier molecular flexibility index (Phi) is 18.7. The third kappa shape index (κ3) is 15.4. The molecule has 406 valence electrons. The molecule has 2 N–H and O–H groups in total. The molecule has 18 heteroatoms. The molecule has 16 nitrogen and oxygen atoms in total. The van der Waals surface area contributed by atoms with Gasteiger partial charge in [0.25, 0.3) is 10.5 Å². The number of imidazole rings is 2. The van der Waals surface area contributed by atoms with E-state index < -0.39 is 0 Å². The Labute approximate surface area is 463 Å². The molecule has 8 aromatic rings. The summed E-state index contributed by atoms with van der Waals surface area (Å²) in [6.45, 7) is 13.6. The van der Waals surface area contributed by atoms with Gasteiger partial charge in [0.05, 0.1) is 33.1 Å². The lowest BCUT2D eigenvalue weighted by Gasteiger charge is -2.22. The van der Waals surface area contributed by atoms with Crippen LogP contribution in [0.15, 0.2) is 133 Å². The Morgan fingerprint density at radius 3 is 1.46 bits per heavy atom. The van der Waals surface area contributed by atoms with Crippen LogP contribution in [0, 0.1) is 18.8 Å². The van der Waals surface area contributed by atoms with Crippen molar-refractivity contribution in [2.75, 3.05) is 42.7 Å². The quantitative estimate of drug-likeness (QED) is 0.0831. The summed E-state index contributed by atoms with van der Waals surface area (Å²) in [6, 6.07) is 43.8. The molecule has 4 heterocycles. The second-order valence-electron chi connectivity index (χ2n) is 20.0. The highest BCUT2D eigenvalue weighted by molar-refractivity contribution is 8.15. The largest absolute Gasteiger partial charge is 0.486 e. The van der Waals surface area contributed by atoms with Crippen LogP contribution in [0.2, 0.25) is 0 Å². The van der Waals surface area contributed by atoms with Crippen molar-refractivity contribution in [2.45, 2.75) is 59.5 Å². The van der Waals surface area contributed by atoms with E-state index in [0.29, 0.717) is 43.0 Å². The molecule has 2 aliphatic rings. The van der Waals surface area contributed by atoms with E-state index in [9.17, 15) is 19.2 Å². The highest BCUT2D eigenvalue weighted by Gasteiger charge is 2.31. The minimum absolute atomic E-state index is 0.185. The summed E-state index contributed by atoms with van der Waals surface area (Å²) in [7, 11) is 8.18. The first-order valence-corrected chi connectivity index (χ1v) is 27.6. The third-order valence-corrected chi connectivity index (χ3v) is 14.4. The Balaban J connectivity index is 0.000000185. The van der Waals surface area contributed by atoms with Gasteiger partial charge in [0.2, 0.25) is 11.8 Å². The van der Waals surface area contributed by atoms with E-state index in [-0.39, 0.29) is 27.5 Å². The molecule has 2 fully saturated rings. The highest BCUT2D eigenvalue weighted by atomic mass is 32.2. The summed E-state index contributed by atoms with van der Waals surface area (Å²) in [5.74, 6) is 7.39. The van der Waals surface area contributed by atoms with E-state index in [1.54, 1.807) is 0 Å². The van der Waals surface area contributed by atoms with Crippen molar-refractivity contribution in [2.24, 2.45) is 25.9 Å². The number of aryl methyl sites for hydroxylation is 3. The number of amides is 4. The van der Waals surface area contributed by atoms with Crippen molar-refractivity contribution in [1.29, 1.82) is 0 Å². The second-order valence-corrected chi connectivity index (χ2v) is 22.1. The predicted octanol–water partition coefficient (Wildman–Crippen LogP) is 12.2. The van der Waals surface area contributed by atoms with Crippen LogP contribution in [0.1, 0.15) is 50.5 Å². The van der Waals surface area contributed by atoms with Crippen LogP contribution in [0.4, 0.5) is 21.0 Å². The molecule has 0 aliphatic carbocycles. The molecule has 78 heavy (non-hydrogen) atoms. The lowest BCUT2D eigenvalue weighted by molar-refractivity contribution is -0.119. The minimum atomic E-state index is -0.381. The van der Waals surface area contributed by atoms with Gasteiger partial charge in [-0.2, -0.15) is 0 Å². The molecule has 6 aromatic carbocycles. The lowest BCUT2D eigenvalue weighted by atomic mass is 10.1. The maximum atomic E-state index is 11.8. The molecule has 1 atom stereocenters. The van der Waals surface area contributed by atoms with Gasteiger partial charge in [-0.05, 0) is 104 Å². The number of thioether (sulfide) groups is 2. The van der Waals surface area contributed by atoms with Crippen molar-refractivity contribution >= 4 is 79.3 Å². The molecule has 2 saturated heterocycles. The first kappa shape index (κ1) is 56.2. The molecular formula is C60H66N8O8S2.